The van der Waals surface area contributed by atoms with Gasteiger partial charge in [-0.25, -0.2) is 4.98 Å². The lowest BCUT2D eigenvalue weighted by molar-refractivity contribution is 0.187. The second-order valence-corrected chi connectivity index (χ2v) is 7.61. The van der Waals surface area contributed by atoms with Crippen LogP contribution < -0.4 is 5.32 Å². The molecule has 2 aliphatic rings. The van der Waals surface area contributed by atoms with Crippen molar-refractivity contribution in [3.05, 3.63) is 59.4 Å². The van der Waals surface area contributed by atoms with Crippen molar-refractivity contribution in [2.45, 2.75) is 31.5 Å². The average molecular weight is 426 g/mol. The van der Waals surface area contributed by atoms with Gasteiger partial charge in [-0.1, -0.05) is 29.8 Å². The second kappa shape index (κ2) is 8.38. The highest BCUT2D eigenvalue weighted by atomic mass is 35.5. The molecule has 5 rings (SSSR count). The van der Waals surface area contributed by atoms with E-state index in [1.807, 2.05) is 18.2 Å². The maximum atomic E-state index is 6.07. The van der Waals surface area contributed by atoms with Crippen LogP contribution in [0.2, 0.25) is 5.02 Å². The summed E-state index contributed by atoms with van der Waals surface area (Å²) < 4.78 is 2.23. The number of pyridine rings is 1. The van der Waals surface area contributed by atoms with Crippen LogP contribution in [0.4, 0.5) is 0 Å². The summed E-state index contributed by atoms with van der Waals surface area (Å²) in [6, 6.07) is 15.5. The van der Waals surface area contributed by atoms with E-state index in [-0.39, 0.29) is 24.8 Å². The van der Waals surface area contributed by atoms with Crippen molar-refractivity contribution in [1.82, 2.24) is 19.6 Å². The first-order chi connectivity index (χ1) is 12.3. The van der Waals surface area contributed by atoms with Gasteiger partial charge < -0.3 is 9.72 Å². The standard InChI is InChI=1S/C20H21ClN4.2ClH/c21-15-6-4-14(5-7-15)20-18(25-10-2-1-3-19(25)23-20)13-24-11-16-8-9-17(12-24)22-16;;/h1-7,10,16-17,22H,8-9,11-13H2;2*1H. The Morgan fingerprint density at radius 1 is 1.00 bits per heavy atom. The van der Waals surface area contributed by atoms with E-state index >= 15 is 0 Å². The summed E-state index contributed by atoms with van der Waals surface area (Å²) in [5.41, 5.74) is 4.45. The molecule has 4 nitrogen and oxygen atoms in total. The van der Waals surface area contributed by atoms with E-state index in [2.05, 4.69) is 45.1 Å². The van der Waals surface area contributed by atoms with E-state index in [1.54, 1.807) is 0 Å². The van der Waals surface area contributed by atoms with Gasteiger partial charge in [0.1, 0.15) is 5.65 Å². The molecule has 0 amide bonds. The van der Waals surface area contributed by atoms with Gasteiger partial charge in [0.05, 0.1) is 11.4 Å². The molecule has 7 heteroatoms. The van der Waals surface area contributed by atoms with Gasteiger partial charge in [-0.05, 0) is 37.1 Å². The molecule has 0 aliphatic carbocycles. The Labute approximate surface area is 176 Å². The Bertz CT molecular complexity index is 897. The van der Waals surface area contributed by atoms with Crippen molar-refractivity contribution in [1.29, 1.82) is 0 Å². The molecule has 2 aromatic heterocycles. The van der Waals surface area contributed by atoms with Crippen LogP contribution in [0.15, 0.2) is 48.7 Å². The predicted molar refractivity (Wildman–Crippen MR) is 115 cm³/mol. The number of aromatic nitrogens is 2. The van der Waals surface area contributed by atoms with Crippen molar-refractivity contribution >= 4 is 42.1 Å². The molecule has 0 spiro atoms. The fraction of sp³-hybridized carbons (Fsp3) is 0.350. The van der Waals surface area contributed by atoms with Gasteiger partial charge in [0, 0.05) is 48.5 Å². The summed E-state index contributed by atoms with van der Waals surface area (Å²) in [7, 11) is 0. The molecule has 3 aromatic rings. The summed E-state index contributed by atoms with van der Waals surface area (Å²) in [6.07, 6.45) is 4.73. The molecular weight excluding hydrogens is 403 g/mol. The van der Waals surface area contributed by atoms with Crippen LogP contribution in [-0.2, 0) is 6.54 Å². The molecule has 4 heterocycles. The maximum Gasteiger partial charge on any atom is 0.137 e. The van der Waals surface area contributed by atoms with E-state index < -0.39 is 0 Å². The highest BCUT2D eigenvalue weighted by Gasteiger charge is 2.32. The Kier molecular flexibility index (Phi) is 6.34. The number of imidazole rings is 1. The number of rotatable bonds is 3. The third-order valence-corrected chi connectivity index (χ3v) is 5.66. The van der Waals surface area contributed by atoms with Crippen LogP contribution >= 0.6 is 36.4 Å². The highest BCUT2D eigenvalue weighted by Crippen LogP contribution is 2.28. The smallest absolute Gasteiger partial charge is 0.137 e. The summed E-state index contributed by atoms with van der Waals surface area (Å²) >= 11 is 6.07. The van der Waals surface area contributed by atoms with Gasteiger partial charge in [-0.2, -0.15) is 0 Å². The summed E-state index contributed by atoms with van der Waals surface area (Å²) in [6.45, 7) is 3.17. The lowest BCUT2D eigenvalue weighted by atomic mass is 10.1. The molecule has 27 heavy (non-hydrogen) atoms. The second-order valence-electron chi connectivity index (χ2n) is 7.17. The lowest BCUT2D eigenvalue weighted by Crippen LogP contribution is -2.50. The number of fused-ring (bicyclic) bond motifs is 3. The van der Waals surface area contributed by atoms with Crippen molar-refractivity contribution in [2.24, 2.45) is 0 Å². The largest absolute Gasteiger partial charge is 0.309 e. The number of piperazine rings is 1. The lowest BCUT2D eigenvalue weighted by Gasteiger charge is -2.32. The van der Waals surface area contributed by atoms with E-state index in [4.69, 9.17) is 16.6 Å². The molecule has 144 valence electrons. The number of likely N-dealkylation sites (tertiary alicyclic amines) is 1. The molecule has 1 aromatic carbocycles. The van der Waals surface area contributed by atoms with Crippen LogP contribution in [0.5, 0.6) is 0 Å². The van der Waals surface area contributed by atoms with Crippen molar-refractivity contribution in [2.75, 3.05) is 13.1 Å². The SMILES string of the molecule is Cl.Cl.Clc1ccc(-c2nc3ccccn3c2CN2CC3CCC(C2)N3)cc1. The first-order valence-corrected chi connectivity index (χ1v) is 9.34. The maximum absolute atomic E-state index is 6.07. The minimum atomic E-state index is 0. The summed E-state index contributed by atoms with van der Waals surface area (Å²) in [4.78, 5) is 7.49. The number of hydrogen-bond acceptors (Lipinski definition) is 3. The van der Waals surface area contributed by atoms with E-state index in [0.717, 1.165) is 41.6 Å². The Hall–Kier alpha value is -1.30. The Morgan fingerprint density at radius 3 is 2.41 bits per heavy atom. The summed E-state index contributed by atoms with van der Waals surface area (Å²) in [5.74, 6) is 0. The third kappa shape index (κ3) is 3.96. The number of hydrogen-bond donors (Lipinski definition) is 1. The molecule has 2 unspecified atom stereocenters. The molecule has 2 fully saturated rings. The van der Waals surface area contributed by atoms with Crippen LogP contribution in [-0.4, -0.2) is 39.5 Å². The third-order valence-electron chi connectivity index (χ3n) is 5.41. The summed E-state index contributed by atoms with van der Waals surface area (Å²) in [5, 5.41) is 4.47. The van der Waals surface area contributed by atoms with Crippen molar-refractivity contribution in [3.8, 4) is 11.3 Å². The zero-order chi connectivity index (χ0) is 16.8. The quantitative estimate of drug-likeness (QED) is 0.673. The first-order valence-electron chi connectivity index (χ1n) is 8.96. The van der Waals surface area contributed by atoms with E-state index in [9.17, 15) is 0 Å². The molecule has 0 saturated carbocycles. The molecule has 1 N–H and O–H groups in total. The van der Waals surface area contributed by atoms with E-state index in [1.165, 1.54) is 18.5 Å². The van der Waals surface area contributed by atoms with Crippen LogP contribution in [0, 0.1) is 0 Å². The molecule has 2 saturated heterocycles. The molecule has 2 aliphatic heterocycles. The normalized spacial score (nSPS) is 21.7. The van der Waals surface area contributed by atoms with Crippen LogP contribution in [0.25, 0.3) is 16.9 Å². The van der Waals surface area contributed by atoms with E-state index in [0.29, 0.717) is 12.1 Å². The van der Waals surface area contributed by atoms with Crippen molar-refractivity contribution < 1.29 is 0 Å². The fourth-order valence-corrected chi connectivity index (χ4v) is 4.39. The van der Waals surface area contributed by atoms with Gasteiger partial charge in [-0.15, -0.1) is 24.8 Å². The van der Waals surface area contributed by atoms with Gasteiger partial charge in [0.15, 0.2) is 0 Å². The fourth-order valence-electron chi connectivity index (χ4n) is 4.27. The number of halogens is 3. The molecule has 2 atom stereocenters. The topological polar surface area (TPSA) is 32.6 Å². The van der Waals surface area contributed by atoms with Gasteiger partial charge in [-0.3, -0.25) is 4.90 Å². The average Bonchev–Trinajstić information content (AvgIpc) is 3.16. The van der Waals surface area contributed by atoms with Gasteiger partial charge in [0.25, 0.3) is 0 Å². The monoisotopic (exact) mass is 424 g/mol. The minimum absolute atomic E-state index is 0. The van der Waals surface area contributed by atoms with Crippen molar-refractivity contribution in [3.63, 3.8) is 0 Å². The minimum Gasteiger partial charge on any atom is -0.309 e. The number of nitrogens with one attached hydrogen (secondary N) is 1. The molecule has 0 radical (unpaired) electrons. The van der Waals surface area contributed by atoms with Gasteiger partial charge >= 0.3 is 0 Å². The van der Waals surface area contributed by atoms with Gasteiger partial charge in [0.2, 0.25) is 0 Å². The Balaban J connectivity index is 0.00000105. The molecular formula is C20H23Cl3N4. The first kappa shape index (κ1) is 20.4. The number of nitrogens with zero attached hydrogens (tertiary/aromatic N) is 3. The zero-order valence-corrected chi connectivity index (χ0v) is 17.2. The Morgan fingerprint density at radius 2 is 1.70 bits per heavy atom. The highest BCUT2D eigenvalue weighted by molar-refractivity contribution is 6.30. The predicted octanol–water partition coefficient (Wildman–Crippen LogP) is 4.43. The zero-order valence-electron chi connectivity index (χ0n) is 14.8. The van der Waals surface area contributed by atoms with Crippen LogP contribution in [0.3, 0.4) is 0 Å². The molecule has 2 bridgehead atoms. The van der Waals surface area contributed by atoms with Crippen LogP contribution in [0.1, 0.15) is 18.5 Å². The number of benzene rings is 1.